The fourth-order valence-corrected chi connectivity index (χ4v) is 3.53. The van der Waals surface area contributed by atoms with E-state index >= 15 is 0 Å². The van der Waals surface area contributed by atoms with Crippen molar-refractivity contribution < 1.29 is 37.7 Å². The molecule has 3 atom stereocenters. The summed E-state index contributed by atoms with van der Waals surface area (Å²) in [5.74, 6) is -3.62. The second-order valence-corrected chi connectivity index (χ2v) is 7.29. The molecule has 7 nitrogen and oxygen atoms in total. The number of carbonyl (C=O) groups excluding carboxylic acids is 2. The molecule has 1 saturated heterocycles. The first-order valence-electron chi connectivity index (χ1n) is 9.11. The number of ketones is 1. The lowest BCUT2D eigenvalue weighted by Gasteiger charge is -2.45. The van der Waals surface area contributed by atoms with Crippen molar-refractivity contribution in [2.45, 2.75) is 24.9 Å². The molecule has 3 rings (SSSR count). The third-order valence-electron chi connectivity index (χ3n) is 4.86. The first-order chi connectivity index (χ1) is 14.5. The predicted octanol–water partition coefficient (Wildman–Crippen LogP) is 3.55. The van der Waals surface area contributed by atoms with Gasteiger partial charge in [-0.2, -0.15) is 13.2 Å². The largest absolute Gasteiger partial charge is 0.504 e. The van der Waals surface area contributed by atoms with Crippen molar-refractivity contribution in [1.82, 2.24) is 10.6 Å². The van der Waals surface area contributed by atoms with Crippen LogP contribution in [0, 0.1) is 5.92 Å². The number of ether oxygens (including phenoxy) is 1. The van der Waals surface area contributed by atoms with E-state index in [1.165, 1.54) is 41.7 Å². The number of aliphatic hydroxyl groups is 1. The van der Waals surface area contributed by atoms with E-state index in [1.54, 1.807) is 6.92 Å². The molecular formula is C20H18ClF3N2O5. The molecule has 2 amide bonds. The summed E-state index contributed by atoms with van der Waals surface area (Å²) in [4.78, 5) is 25.2. The quantitative estimate of drug-likeness (QED) is 0.512. The van der Waals surface area contributed by atoms with Crippen molar-refractivity contribution in [3.05, 3.63) is 58.6 Å². The predicted molar refractivity (Wildman–Crippen MR) is 104 cm³/mol. The first-order valence-corrected chi connectivity index (χ1v) is 9.49. The smallest absolute Gasteiger partial charge is 0.437 e. The highest BCUT2D eigenvalue weighted by Crippen LogP contribution is 2.45. The zero-order valence-electron chi connectivity index (χ0n) is 16.0. The normalized spacial score (nSPS) is 23.6. The van der Waals surface area contributed by atoms with Gasteiger partial charge in [-0.15, -0.1) is 0 Å². The maximum Gasteiger partial charge on any atom is 0.437 e. The molecule has 1 aliphatic rings. The molecule has 1 fully saturated rings. The van der Waals surface area contributed by atoms with Gasteiger partial charge in [-0.05, 0) is 48.9 Å². The molecule has 1 aliphatic heterocycles. The second-order valence-electron chi connectivity index (χ2n) is 6.85. The Morgan fingerprint density at radius 3 is 2.45 bits per heavy atom. The van der Waals surface area contributed by atoms with Crippen LogP contribution >= 0.6 is 11.6 Å². The maximum absolute atomic E-state index is 13.9. The molecule has 0 saturated carbocycles. The van der Waals surface area contributed by atoms with E-state index in [-0.39, 0.29) is 34.3 Å². The van der Waals surface area contributed by atoms with Crippen molar-refractivity contribution >= 4 is 23.4 Å². The van der Waals surface area contributed by atoms with E-state index in [9.17, 15) is 33.0 Å². The third kappa shape index (κ3) is 4.26. The van der Waals surface area contributed by atoms with Crippen LogP contribution in [0.5, 0.6) is 11.5 Å². The number of halogens is 4. The topological polar surface area (TPSA) is 108 Å². The van der Waals surface area contributed by atoms with Gasteiger partial charge in [0.2, 0.25) is 5.72 Å². The fourth-order valence-electron chi connectivity index (χ4n) is 3.41. The molecule has 0 aliphatic carbocycles. The molecule has 0 spiro atoms. The number of alkyl halides is 3. The average molecular weight is 459 g/mol. The Balaban J connectivity index is 2.17. The van der Waals surface area contributed by atoms with Gasteiger partial charge in [0.25, 0.3) is 0 Å². The lowest BCUT2D eigenvalue weighted by atomic mass is 9.77. The van der Waals surface area contributed by atoms with Gasteiger partial charge < -0.3 is 25.6 Å². The number of hydrogen-bond acceptors (Lipinski definition) is 5. The number of nitrogens with one attached hydrogen (secondary N) is 2. The number of aromatic hydroxyl groups is 1. The number of Topliss-reactive ketones (excluding diaryl/α,β-unsaturated/α-hetero) is 1. The van der Waals surface area contributed by atoms with Crippen LogP contribution < -0.4 is 15.4 Å². The van der Waals surface area contributed by atoms with Crippen LogP contribution in [0.4, 0.5) is 18.0 Å². The molecule has 11 heteroatoms. The summed E-state index contributed by atoms with van der Waals surface area (Å²) in [6, 6.07) is 5.75. The summed E-state index contributed by atoms with van der Waals surface area (Å²) < 4.78 is 47.0. The van der Waals surface area contributed by atoms with Gasteiger partial charge in [-0.25, -0.2) is 4.79 Å². The molecule has 166 valence electrons. The Morgan fingerprint density at radius 2 is 1.87 bits per heavy atom. The molecule has 2 aromatic rings. The Bertz CT molecular complexity index is 999. The van der Waals surface area contributed by atoms with Gasteiger partial charge in [0.1, 0.15) is 5.92 Å². The van der Waals surface area contributed by atoms with Crippen LogP contribution in [-0.4, -0.2) is 40.5 Å². The molecule has 0 radical (unpaired) electrons. The number of carbonyl (C=O) groups is 2. The van der Waals surface area contributed by atoms with Crippen molar-refractivity contribution in [1.29, 1.82) is 0 Å². The maximum atomic E-state index is 13.9. The SMILES string of the molecule is CCOc1cc([C@@H]2NC(=O)N[C@@](O)(C(F)(F)F)[C@@H]2C(=O)c2ccc(Cl)cc2)ccc1O. The highest BCUT2D eigenvalue weighted by Gasteiger charge is 2.66. The fraction of sp³-hybridized carbons (Fsp3) is 0.300. The molecule has 0 aromatic heterocycles. The molecular weight excluding hydrogens is 441 g/mol. The van der Waals surface area contributed by atoms with Crippen LogP contribution in [0.25, 0.3) is 0 Å². The Labute approximate surface area is 179 Å². The second kappa shape index (κ2) is 8.27. The third-order valence-corrected chi connectivity index (χ3v) is 5.11. The van der Waals surface area contributed by atoms with Crippen LogP contribution in [0.1, 0.15) is 28.9 Å². The van der Waals surface area contributed by atoms with Crippen molar-refractivity contribution in [2.75, 3.05) is 6.61 Å². The van der Waals surface area contributed by atoms with E-state index in [4.69, 9.17) is 16.3 Å². The lowest BCUT2D eigenvalue weighted by Crippen LogP contribution is -2.72. The first kappa shape index (κ1) is 22.7. The monoisotopic (exact) mass is 458 g/mol. The molecule has 2 aromatic carbocycles. The Hall–Kier alpha value is -2.98. The minimum Gasteiger partial charge on any atom is -0.504 e. The van der Waals surface area contributed by atoms with Gasteiger partial charge in [0.05, 0.1) is 12.6 Å². The summed E-state index contributed by atoms with van der Waals surface area (Å²) in [5, 5.41) is 24.4. The molecule has 31 heavy (non-hydrogen) atoms. The summed E-state index contributed by atoms with van der Waals surface area (Å²) in [7, 11) is 0. The molecule has 4 N–H and O–H groups in total. The number of urea groups is 1. The molecule has 0 bridgehead atoms. The van der Waals surface area contributed by atoms with Crippen LogP contribution in [0.2, 0.25) is 5.02 Å². The summed E-state index contributed by atoms with van der Waals surface area (Å²) >= 11 is 5.79. The Kier molecular flexibility index (Phi) is 6.06. The zero-order chi connectivity index (χ0) is 23.0. The molecule has 0 unspecified atom stereocenters. The minimum atomic E-state index is -5.38. The van der Waals surface area contributed by atoms with E-state index in [1.807, 2.05) is 0 Å². The van der Waals surface area contributed by atoms with Crippen molar-refractivity contribution in [2.24, 2.45) is 5.92 Å². The summed E-state index contributed by atoms with van der Waals surface area (Å²) in [6.45, 7) is 1.78. The minimum absolute atomic E-state index is 0.0195. The highest BCUT2D eigenvalue weighted by molar-refractivity contribution is 6.30. The van der Waals surface area contributed by atoms with E-state index in [2.05, 4.69) is 5.32 Å². The van der Waals surface area contributed by atoms with E-state index < -0.39 is 35.7 Å². The van der Waals surface area contributed by atoms with Crippen LogP contribution in [0.15, 0.2) is 42.5 Å². The average Bonchev–Trinajstić information content (AvgIpc) is 2.68. The van der Waals surface area contributed by atoms with E-state index in [0.717, 1.165) is 6.07 Å². The van der Waals surface area contributed by atoms with Gasteiger partial charge in [-0.1, -0.05) is 17.7 Å². The summed E-state index contributed by atoms with van der Waals surface area (Å²) in [5.41, 5.74) is -3.99. The highest BCUT2D eigenvalue weighted by atomic mass is 35.5. The number of rotatable bonds is 5. The van der Waals surface area contributed by atoms with Gasteiger partial charge in [0, 0.05) is 10.6 Å². The lowest BCUT2D eigenvalue weighted by molar-refractivity contribution is -0.287. The number of benzene rings is 2. The van der Waals surface area contributed by atoms with Crippen LogP contribution in [-0.2, 0) is 0 Å². The van der Waals surface area contributed by atoms with Gasteiger partial charge >= 0.3 is 12.2 Å². The van der Waals surface area contributed by atoms with E-state index in [0.29, 0.717) is 0 Å². The number of phenols is 1. The number of amides is 2. The molecule has 1 heterocycles. The van der Waals surface area contributed by atoms with Crippen molar-refractivity contribution in [3.8, 4) is 11.5 Å². The summed E-state index contributed by atoms with van der Waals surface area (Å²) in [6.07, 6.45) is -5.38. The zero-order valence-corrected chi connectivity index (χ0v) is 16.8. The van der Waals surface area contributed by atoms with Gasteiger partial charge in [0.15, 0.2) is 17.3 Å². The van der Waals surface area contributed by atoms with Crippen LogP contribution in [0.3, 0.4) is 0 Å². The Morgan fingerprint density at radius 1 is 1.23 bits per heavy atom. The standard InChI is InChI=1S/C20H18ClF3N2O5/c1-2-31-14-9-11(5-8-13(14)27)16-15(17(28)10-3-6-12(21)7-4-10)19(30,20(22,23)24)26-18(29)25-16/h3-9,15-16,27,30H,2H2,1H3,(H2,25,26,29)/t15-,16-,19-/m0/s1. The van der Waals surface area contributed by atoms with Crippen molar-refractivity contribution in [3.63, 3.8) is 0 Å². The number of hydrogen-bond donors (Lipinski definition) is 4. The number of phenolic OH excluding ortho intramolecular Hbond substituents is 1. The van der Waals surface area contributed by atoms with Gasteiger partial charge in [-0.3, -0.25) is 4.79 Å².